The Kier molecular flexibility index (Phi) is 7.64. The van der Waals surface area contributed by atoms with Crippen LogP contribution in [0.2, 0.25) is 0 Å². The maximum absolute atomic E-state index is 12.9. The van der Waals surface area contributed by atoms with Gasteiger partial charge in [-0.1, -0.05) is 54.2 Å². The van der Waals surface area contributed by atoms with Crippen molar-refractivity contribution >= 4 is 23.4 Å². The lowest BCUT2D eigenvalue weighted by atomic mass is 10.1. The second kappa shape index (κ2) is 10.8. The van der Waals surface area contributed by atoms with Gasteiger partial charge in [0, 0.05) is 22.5 Å². The Labute approximate surface area is 179 Å². The van der Waals surface area contributed by atoms with Crippen LogP contribution in [0.3, 0.4) is 0 Å². The Morgan fingerprint density at radius 3 is 2.43 bits per heavy atom. The van der Waals surface area contributed by atoms with E-state index in [2.05, 4.69) is 10.6 Å². The van der Waals surface area contributed by atoms with Gasteiger partial charge in [0.2, 0.25) is 0 Å². The van der Waals surface area contributed by atoms with Gasteiger partial charge in [0.1, 0.15) is 17.5 Å². The zero-order valence-corrected chi connectivity index (χ0v) is 17.0. The molecule has 0 aliphatic heterocycles. The van der Waals surface area contributed by atoms with Crippen LogP contribution >= 0.6 is 11.8 Å². The predicted molar refractivity (Wildman–Crippen MR) is 117 cm³/mol. The van der Waals surface area contributed by atoms with E-state index >= 15 is 0 Å². The number of hydrogen-bond acceptors (Lipinski definition) is 4. The maximum Gasteiger partial charge on any atom is 0.267 e. The molecule has 0 saturated heterocycles. The van der Waals surface area contributed by atoms with Gasteiger partial charge in [-0.3, -0.25) is 4.79 Å². The summed E-state index contributed by atoms with van der Waals surface area (Å²) >= 11 is 1.54. The molecule has 4 nitrogen and oxygen atoms in total. The fraction of sp³-hybridized carbons (Fsp3) is 0.0833. The lowest BCUT2D eigenvalue weighted by Gasteiger charge is -2.10. The smallest absolute Gasteiger partial charge is 0.267 e. The van der Waals surface area contributed by atoms with Crippen LogP contribution in [0.4, 0.5) is 10.1 Å². The highest BCUT2D eigenvalue weighted by atomic mass is 32.2. The number of para-hydroxylation sites is 1. The SMILES string of the molecule is N#C/C(=C/NCCc1ccc(F)cc1)C(=O)Nc1ccccc1Sc1ccccc1. The molecular weight excluding hydrogens is 397 g/mol. The summed E-state index contributed by atoms with van der Waals surface area (Å²) in [6.45, 7) is 0.518. The van der Waals surface area contributed by atoms with Crippen molar-refractivity contribution in [2.24, 2.45) is 0 Å². The molecule has 0 fully saturated rings. The number of nitriles is 1. The summed E-state index contributed by atoms with van der Waals surface area (Å²) in [6.07, 6.45) is 2.06. The van der Waals surface area contributed by atoms with Gasteiger partial charge in [0.15, 0.2) is 0 Å². The number of rotatable bonds is 8. The van der Waals surface area contributed by atoms with Crippen molar-refractivity contribution in [3.63, 3.8) is 0 Å². The van der Waals surface area contributed by atoms with Gasteiger partial charge in [-0.15, -0.1) is 0 Å². The number of carbonyl (C=O) groups is 1. The average Bonchev–Trinajstić information content (AvgIpc) is 2.77. The molecule has 0 saturated carbocycles. The van der Waals surface area contributed by atoms with Crippen LogP contribution in [0.15, 0.2) is 100 Å². The summed E-state index contributed by atoms with van der Waals surface area (Å²) < 4.78 is 12.9. The number of amides is 1. The number of nitrogens with one attached hydrogen (secondary N) is 2. The van der Waals surface area contributed by atoms with Crippen molar-refractivity contribution < 1.29 is 9.18 Å². The Morgan fingerprint density at radius 2 is 1.70 bits per heavy atom. The Morgan fingerprint density at radius 1 is 1.00 bits per heavy atom. The largest absolute Gasteiger partial charge is 0.389 e. The number of carbonyl (C=O) groups excluding carboxylic acids is 1. The minimum Gasteiger partial charge on any atom is -0.389 e. The van der Waals surface area contributed by atoms with Crippen LogP contribution < -0.4 is 10.6 Å². The highest BCUT2D eigenvalue weighted by Crippen LogP contribution is 2.33. The fourth-order valence-corrected chi connectivity index (χ4v) is 3.58. The molecule has 6 heteroatoms. The van der Waals surface area contributed by atoms with E-state index < -0.39 is 5.91 Å². The van der Waals surface area contributed by atoms with E-state index in [0.717, 1.165) is 15.4 Å². The highest BCUT2D eigenvalue weighted by molar-refractivity contribution is 7.99. The first kappa shape index (κ1) is 21.2. The van der Waals surface area contributed by atoms with Crippen LogP contribution in [-0.2, 0) is 11.2 Å². The van der Waals surface area contributed by atoms with E-state index in [9.17, 15) is 14.4 Å². The van der Waals surface area contributed by atoms with Crippen LogP contribution in [0.1, 0.15) is 5.56 Å². The molecule has 0 bridgehead atoms. The molecule has 1 amide bonds. The van der Waals surface area contributed by atoms with Gasteiger partial charge < -0.3 is 10.6 Å². The minimum absolute atomic E-state index is 0.0198. The Hall–Kier alpha value is -3.56. The van der Waals surface area contributed by atoms with Gasteiger partial charge in [-0.05, 0) is 48.4 Å². The molecule has 3 aromatic carbocycles. The number of benzene rings is 3. The van der Waals surface area contributed by atoms with Crippen LogP contribution in [-0.4, -0.2) is 12.5 Å². The molecule has 0 spiro atoms. The van der Waals surface area contributed by atoms with E-state index in [1.54, 1.807) is 18.2 Å². The molecule has 150 valence electrons. The molecule has 0 aliphatic carbocycles. The topological polar surface area (TPSA) is 64.9 Å². The van der Waals surface area contributed by atoms with Gasteiger partial charge in [-0.2, -0.15) is 5.26 Å². The normalized spacial score (nSPS) is 10.9. The summed E-state index contributed by atoms with van der Waals surface area (Å²) in [5.74, 6) is -0.756. The van der Waals surface area contributed by atoms with Gasteiger partial charge >= 0.3 is 0 Å². The summed E-state index contributed by atoms with van der Waals surface area (Å²) in [6, 6.07) is 25.5. The predicted octanol–water partition coefficient (Wildman–Crippen LogP) is 5.16. The molecule has 30 heavy (non-hydrogen) atoms. The van der Waals surface area contributed by atoms with Crippen LogP contribution in [0.5, 0.6) is 0 Å². The molecular formula is C24H20FN3OS. The van der Waals surface area contributed by atoms with Crippen LogP contribution in [0.25, 0.3) is 0 Å². The quantitative estimate of drug-likeness (QED) is 0.302. The summed E-state index contributed by atoms with van der Waals surface area (Å²) in [7, 11) is 0. The van der Waals surface area contributed by atoms with E-state index in [1.807, 2.05) is 54.6 Å². The van der Waals surface area contributed by atoms with Gasteiger partial charge in [-0.25, -0.2) is 4.39 Å². The van der Waals surface area contributed by atoms with Gasteiger partial charge in [0.25, 0.3) is 5.91 Å². The highest BCUT2D eigenvalue weighted by Gasteiger charge is 2.12. The number of nitrogens with zero attached hydrogens (tertiary/aromatic N) is 1. The van der Waals surface area contributed by atoms with Crippen molar-refractivity contribution in [2.75, 3.05) is 11.9 Å². The maximum atomic E-state index is 12.9. The molecule has 3 rings (SSSR count). The van der Waals surface area contributed by atoms with E-state index in [1.165, 1.54) is 30.1 Å². The summed E-state index contributed by atoms with van der Waals surface area (Å²) in [4.78, 5) is 14.5. The molecule has 0 aliphatic rings. The molecule has 0 atom stereocenters. The average molecular weight is 418 g/mol. The van der Waals surface area contributed by atoms with E-state index in [4.69, 9.17) is 0 Å². The molecule has 0 unspecified atom stereocenters. The zero-order chi connectivity index (χ0) is 21.2. The first-order chi connectivity index (χ1) is 14.7. The minimum atomic E-state index is -0.479. The molecule has 3 aromatic rings. The molecule has 0 radical (unpaired) electrons. The van der Waals surface area contributed by atoms with Crippen molar-refractivity contribution in [3.05, 3.63) is 102 Å². The summed E-state index contributed by atoms with van der Waals surface area (Å²) in [5.41, 5.74) is 1.59. The molecule has 0 aromatic heterocycles. The number of halogens is 1. The van der Waals surface area contributed by atoms with E-state index in [0.29, 0.717) is 18.7 Å². The van der Waals surface area contributed by atoms with Crippen molar-refractivity contribution in [3.8, 4) is 6.07 Å². The summed E-state index contributed by atoms with van der Waals surface area (Å²) in [5, 5.41) is 15.2. The molecule has 0 heterocycles. The molecule has 2 N–H and O–H groups in total. The van der Waals surface area contributed by atoms with Crippen molar-refractivity contribution in [1.82, 2.24) is 5.32 Å². The van der Waals surface area contributed by atoms with Gasteiger partial charge in [0.05, 0.1) is 5.69 Å². The standard InChI is InChI=1S/C24H20FN3OS/c25-20-12-10-18(11-13-20)14-15-27-17-19(16-26)24(29)28-22-8-4-5-9-23(22)30-21-6-2-1-3-7-21/h1-13,17,27H,14-15H2,(H,28,29)/b19-17-. The third-order valence-electron chi connectivity index (χ3n) is 4.19. The van der Waals surface area contributed by atoms with Crippen molar-refractivity contribution in [2.45, 2.75) is 16.2 Å². The fourth-order valence-electron chi connectivity index (χ4n) is 2.65. The lowest BCUT2D eigenvalue weighted by Crippen LogP contribution is -2.18. The lowest BCUT2D eigenvalue weighted by molar-refractivity contribution is -0.112. The first-order valence-electron chi connectivity index (χ1n) is 9.37. The Balaban J connectivity index is 1.60. The number of anilines is 1. The third-order valence-corrected chi connectivity index (χ3v) is 5.27. The first-order valence-corrected chi connectivity index (χ1v) is 10.2. The zero-order valence-electron chi connectivity index (χ0n) is 16.1. The van der Waals surface area contributed by atoms with E-state index in [-0.39, 0.29) is 11.4 Å². The number of hydrogen-bond donors (Lipinski definition) is 2. The monoisotopic (exact) mass is 417 g/mol. The second-order valence-corrected chi connectivity index (χ2v) is 7.48. The Bertz CT molecular complexity index is 1060. The van der Waals surface area contributed by atoms with Crippen LogP contribution in [0, 0.1) is 17.1 Å². The third kappa shape index (κ3) is 6.23. The van der Waals surface area contributed by atoms with Crippen molar-refractivity contribution in [1.29, 1.82) is 5.26 Å². The second-order valence-electron chi connectivity index (χ2n) is 6.37.